The van der Waals surface area contributed by atoms with Gasteiger partial charge in [-0.25, -0.2) is 13.8 Å². The highest BCUT2D eigenvalue weighted by Crippen LogP contribution is 2.33. The Morgan fingerprint density at radius 1 is 1.12 bits per heavy atom. The Morgan fingerprint density at radius 2 is 1.81 bits per heavy atom. The maximum atomic E-state index is 13.8. The molecule has 2 nitrogen and oxygen atoms in total. The zero-order chi connectivity index (χ0) is 19.5. The van der Waals surface area contributed by atoms with Gasteiger partial charge in [-0.15, -0.1) is 0 Å². The van der Waals surface area contributed by atoms with Crippen molar-refractivity contribution in [1.29, 1.82) is 0 Å². The second kappa shape index (κ2) is 7.85. The fraction of sp³-hybridized carbons (Fsp3) is 0.316. The van der Waals surface area contributed by atoms with Crippen LogP contribution in [0.2, 0.25) is 0 Å². The Labute approximate surface area is 149 Å². The number of hydrogen-bond donors (Lipinski definition) is 0. The van der Waals surface area contributed by atoms with Crippen molar-refractivity contribution in [2.24, 2.45) is 4.99 Å². The molecule has 2 rings (SSSR count). The molecule has 0 N–H and O–H groups in total. The maximum Gasteiger partial charge on any atom is 0.419 e. The molecule has 0 spiro atoms. The molecule has 7 heteroatoms. The van der Waals surface area contributed by atoms with Gasteiger partial charge in [0.25, 0.3) is 0 Å². The number of hydrogen-bond acceptors (Lipinski definition) is 1. The normalized spacial score (nSPS) is 12.0. The quantitative estimate of drug-likeness (QED) is 0.386. The molecule has 0 aromatic heterocycles. The third-order valence-electron chi connectivity index (χ3n) is 3.96. The van der Waals surface area contributed by atoms with Crippen molar-refractivity contribution >= 4 is 12.0 Å². The van der Waals surface area contributed by atoms with E-state index in [0.29, 0.717) is 23.4 Å². The van der Waals surface area contributed by atoms with Gasteiger partial charge in [0.1, 0.15) is 11.6 Å². The second-order valence-electron chi connectivity index (χ2n) is 6.04. The van der Waals surface area contributed by atoms with Crippen LogP contribution in [0.25, 0.3) is 0 Å². The van der Waals surface area contributed by atoms with Crippen LogP contribution in [0.15, 0.2) is 35.3 Å². The number of alkyl halides is 3. The molecule has 140 valence electrons. The van der Waals surface area contributed by atoms with E-state index in [2.05, 4.69) is 4.99 Å². The van der Waals surface area contributed by atoms with E-state index in [1.54, 1.807) is 13.3 Å². The van der Waals surface area contributed by atoms with Gasteiger partial charge < -0.3 is 4.90 Å². The van der Waals surface area contributed by atoms with Gasteiger partial charge in [-0.3, -0.25) is 0 Å². The lowest BCUT2D eigenvalue weighted by atomic mass is 9.98. The van der Waals surface area contributed by atoms with Crippen molar-refractivity contribution < 1.29 is 22.0 Å². The van der Waals surface area contributed by atoms with Gasteiger partial charge in [0.2, 0.25) is 0 Å². The summed E-state index contributed by atoms with van der Waals surface area (Å²) in [5, 5.41) is 0. The number of halogens is 5. The zero-order valence-corrected chi connectivity index (χ0v) is 14.7. The summed E-state index contributed by atoms with van der Waals surface area (Å²) in [6, 6.07) is 5.34. The first-order chi connectivity index (χ1) is 12.1. The second-order valence-corrected chi connectivity index (χ2v) is 6.04. The van der Waals surface area contributed by atoms with Crippen LogP contribution in [-0.4, -0.2) is 24.8 Å². The van der Waals surface area contributed by atoms with E-state index in [1.807, 2.05) is 18.9 Å². The molecule has 0 unspecified atom stereocenters. The largest absolute Gasteiger partial charge is 0.419 e. The van der Waals surface area contributed by atoms with Crippen LogP contribution in [0.5, 0.6) is 0 Å². The van der Waals surface area contributed by atoms with E-state index in [-0.39, 0.29) is 12.0 Å². The van der Waals surface area contributed by atoms with E-state index < -0.39 is 23.4 Å². The predicted octanol–water partition coefficient (Wildman–Crippen LogP) is 5.49. The summed E-state index contributed by atoms with van der Waals surface area (Å²) in [4.78, 5) is 6.15. The molecule has 2 aromatic rings. The molecule has 0 atom stereocenters. The van der Waals surface area contributed by atoms with Crippen LogP contribution < -0.4 is 0 Å². The standard InChI is InChI=1S/C19H19F5N2/c1-4-26(3)11-25-18-12(2)7-15(20)10-14(18)8-13-5-6-17(21)16(9-13)19(22,23)24/h5-7,9-11H,4,8H2,1-3H3. The molecular weight excluding hydrogens is 351 g/mol. The first-order valence-corrected chi connectivity index (χ1v) is 8.01. The summed E-state index contributed by atoms with van der Waals surface area (Å²) >= 11 is 0. The van der Waals surface area contributed by atoms with Gasteiger partial charge in [-0.2, -0.15) is 13.2 Å². The van der Waals surface area contributed by atoms with Crippen LogP contribution in [0.4, 0.5) is 27.6 Å². The molecule has 0 aliphatic rings. The SMILES string of the molecule is CCN(C)C=Nc1c(C)cc(F)cc1Cc1ccc(F)c(C(F)(F)F)c1. The monoisotopic (exact) mass is 370 g/mol. The first kappa shape index (κ1) is 19.9. The minimum Gasteiger partial charge on any atom is -0.366 e. The lowest BCUT2D eigenvalue weighted by molar-refractivity contribution is -0.140. The van der Waals surface area contributed by atoms with Gasteiger partial charge in [0, 0.05) is 13.6 Å². The fourth-order valence-corrected chi connectivity index (χ4v) is 2.48. The number of aryl methyl sites for hydroxylation is 1. The lowest BCUT2D eigenvalue weighted by Gasteiger charge is -2.14. The molecule has 0 saturated heterocycles. The minimum absolute atomic E-state index is 0.00444. The van der Waals surface area contributed by atoms with Gasteiger partial charge in [0.05, 0.1) is 17.6 Å². The molecule has 0 radical (unpaired) electrons. The van der Waals surface area contributed by atoms with Crippen LogP contribution in [0, 0.1) is 18.6 Å². The molecule has 0 amide bonds. The fourth-order valence-electron chi connectivity index (χ4n) is 2.48. The average molecular weight is 370 g/mol. The molecule has 0 saturated carbocycles. The number of aliphatic imine (C=N–C) groups is 1. The van der Waals surface area contributed by atoms with Gasteiger partial charge in [0.15, 0.2) is 0 Å². The van der Waals surface area contributed by atoms with E-state index in [0.717, 1.165) is 12.1 Å². The van der Waals surface area contributed by atoms with Crippen molar-refractivity contribution in [2.45, 2.75) is 26.4 Å². The predicted molar refractivity (Wildman–Crippen MR) is 91.8 cm³/mol. The number of nitrogens with zero attached hydrogens (tertiary/aromatic N) is 2. The summed E-state index contributed by atoms with van der Waals surface area (Å²) in [5.41, 5.74) is 0.384. The van der Waals surface area contributed by atoms with Gasteiger partial charge in [-0.05, 0) is 61.2 Å². The van der Waals surface area contributed by atoms with Crippen LogP contribution in [-0.2, 0) is 12.6 Å². The van der Waals surface area contributed by atoms with Crippen molar-refractivity contribution in [1.82, 2.24) is 4.90 Å². The Morgan fingerprint density at radius 3 is 2.42 bits per heavy atom. The molecule has 2 aromatic carbocycles. The lowest BCUT2D eigenvalue weighted by Crippen LogP contribution is -2.14. The molecule has 0 aliphatic heterocycles. The van der Waals surface area contributed by atoms with E-state index >= 15 is 0 Å². The molecular formula is C19H19F5N2. The minimum atomic E-state index is -4.79. The van der Waals surface area contributed by atoms with E-state index in [9.17, 15) is 22.0 Å². The summed E-state index contributed by atoms with van der Waals surface area (Å²) < 4.78 is 65.9. The average Bonchev–Trinajstić information content (AvgIpc) is 2.54. The topological polar surface area (TPSA) is 15.6 Å². The van der Waals surface area contributed by atoms with Crippen LogP contribution >= 0.6 is 0 Å². The van der Waals surface area contributed by atoms with Crippen LogP contribution in [0.3, 0.4) is 0 Å². The Balaban J connectivity index is 2.45. The molecule has 26 heavy (non-hydrogen) atoms. The van der Waals surface area contributed by atoms with Crippen molar-refractivity contribution in [3.63, 3.8) is 0 Å². The van der Waals surface area contributed by atoms with E-state index in [1.165, 1.54) is 18.2 Å². The van der Waals surface area contributed by atoms with Gasteiger partial charge >= 0.3 is 6.18 Å². The smallest absolute Gasteiger partial charge is 0.366 e. The van der Waals surface area contributed by atoms with Gasteiger partial charge in [-0.1, -0.05) is 6.07 Å². The van der Waals surface area contributed by atoms with Crippen molar-refractivity contribution in [3.8, 4) is 0 Å². The summed E-state index contributed by atoms with van der Waals surface area (Å²) in [7, 11) is 1.82. The van der Waals surface area contributed by atoms with Crippen molar-refractivity contribution in [3.05, 3.63) is 64.2 Å². The number of benzene rings is 2. The highest BCUT2D eigenvalue weighted by molar-refractivity contribution is 5.65. The summed E-state index contributed by atoms with van der Waals surface area (Å²) in [6.45, 7) is 4.32. The van der Waals surface area contributed by atoms with Crippen molar-refractivity contribution in [2.75, 3.05) is 13.6 Å². The summed E-state index contributed by atoms with van der Waals surface area (Å²) in [6.07, 6.45) is -3.21. The first-order valence-electron chi connectivity index (χ1n) is 8.01. The summed E-state index contributed by atoms with van der Waals surface area (Å²) in [5.74, 6) is -1.84. The van der Waals surface area contributed by atoms with Crippen LogP contribution in [0.1, 0.15) is 29.2 Å². The number of rotatable bonds is 5. The molecule has 0 heterocycles. The Hall–Kier alpha value is -2.44. The Bertz CT molecular complexity index is 812. The Kier molecular flexibility index (Phi) is 6.00. The molecule has 0 aliphatic carbocycles. The maximum absolute atomic E-state index is 13.8. The molecule has 0 fully saturated rings. The highest BCUT2D eigenvalue weighted by Gasteiger charge is 2.34. The zero-order valence-electron chi connectivity index (χ0n) is 14.7. The highest BCUT2D eigenvalue weighted by atomic mass is 19.4. The molecule has 0 bridgehead atoms. The third-order valence-corrected chi connectivity index (χ3v) is 3.96. The third kappa shape index (κ3) is 4.80. The van der Waals surface area contributed by atoms with E-state index in [4.69, 9.17) is 0 Å².